The van der Waals surface area contributed by atoms with Gasteiger partial charge >= 0.3 is 0 Å². The van der Waals surface area contributed by atoms with E-state index < -0.39 is 38.4 Å². The van der Waals surface area contributed by atoms with E-state index >= 15 is 0 Å². The molecule has 0 saturated carbocycles. The second-order valence-electron chi connectivity index (χ2n) is 7.79. The number of hydrogen-bond donors (Lipinski definition) is 2. The van der Waals surface area contributed by atoms with Gasteiger partial charge in [-0.3, -0.25) is 4.79 Å². The molecule has 0 spiro atoms. The van der Waals surface area contributed by atoms with Gasteiger partial charge in [0.25, 0.3) is 10.0 Å². The van der Waals surface area contributed by atoms with Crippen LogP contribution in [0.2, 0.25) is 0 Å². The molecule has 0 saturated heterocycles. The van der Waals surface area contributed by atoms with Gasteiger partial charge in [0, 0.05) is 28.9 Å². The molecule has 0 aliphatic carbocycles. The van der Waals surface area contributed by atoms with Crippen LogP contribution in [0, 0.1) is 11.6 Å². The van der Waals surface area contributed by atoms with E-state index in [9.17, 15) is 22.0 Å². The Bertz CT molecular complexity index is 1520. The van der Waals surface area contributed by atoms with Crippen LogP contribution in [-0.2, 0) is 21.4 Å². The summed E-state index contributed by atoms with van der Waals surface area (Å²) in [6, 6.07) is 13.2. The molecule has 2 aromatic heterocycles. The summed E-state index contributed by atoms with van der Waals surface area (Å²) in [5.41, 5.74) is 2.77. The topological polar surface area (TPSA) is 95.2 Å². The quantitative estimate of drug-likeness (QED) is 0.462. The minimum atomic E-state index is -4.51. The molecule has 4 aromatic rings. The normalized spacial score (nSPS) is 16.2. The SMILES string of the molecule is CC1C(=O)N(S(=O)(=O)c2ccc(F)cc2F)Cc2ccc(Nc3ccc4[nH]ccc4c3)nc21. The molecule has 33 heavy (non-hydrogen) atoms. The highest BCUT2D eigenvalue weighted by atomic mass is 32.2. The van der Waals surface area contributed by atoms with Crippen molar-refractivity contribution in [2.24, 2.45) is 0 Å². The Morgan fingerprint density at radius 3 is 2.70 bits per heavy atom. The van der Waals surface area contributed by atoms with E-state index in [2.05, 4.69) is 15.3 Å². The predicted molar refractivity (Wildman–Crippen MR) is 118 cm³/mol. The van der Waals surface area contributed by atoms with Crippen molar-refractivity contribution in [3.8, 4) is 0 Å². The van der Waals surface area contributed by atoms with Crippen LogP contribution in [0.3, 0.4) is 0 Å². The van der Waals surface area contributed by atoms with Crippen LogP contribution in [0.5, 0.6) is 0 Å². The third kappa shape index (κ3) is 3.62. The zero-order valence-electron chi connectivity index (χ0n) is 17.3. The number of nitrogens with zero attached hydrogens (tertiary/aromatic N) is 2. The number of pyridine rings is 1. The molecule has 7 nitrogen and oxygen atoms in total. The number of aromatic nitrogens is 2. The van der Waals surface area contributed by atoms with Crippen molar-refractivity contribution < 1.29 is 22.0 Å². The number of amides is 1. The number of aromatic amines is 1. The van der Waals surface area contributed by atoms with Gasteiger partial charge < -0.3 is 10.3 Å². The number of benzene rings is 2. The first-order chi connectivity index (χ1) is 15.7. The lowest BCUT2D eigenvalue weighted by atomic mass is 9.97. The molecule has 1 unspecified atom stereocenters. The first kappa shape index (κ1) is 21.1. The zero-order valence-corrected chi connectivity index (χ0v) is 18.2. The van der Waals surface area contributed by atoms with Gasteiger partial charge in [0.1, 0.15) is 22.3 Å². The fourth-order valence-corrected chi connectivity index (χ4v) is 5.42. The van der Waals surface area contributed by atoms with Crippen LogP contribution in [0.1, 0.15) is 24.1 Å². The number of sulfonamides is 1. The number of rotatable bonds is 4. The smallest absolute Gasteiger partial charge is 0.269 e. The molecule has 3 heterocycles. The van der Waals surface area contributed by atoms with Crippen molar-refractivity contribution >= 4 is 38.3 Å². The van der Waals surface area contributed by atoms with Gasteiger partial charge in [-0.25, -0.2) is 26.5 Å². The van der Waals surface area contributed by atoms with Gasteiger partial charge in [0.15, 0.2) is 0 Å². The summed E-state index contributed by atoms with van der Waals surface area (Å²) in [7, 11) is -4.51. The van der Waals surface area contributed by atoms with Crippen LogP contribution in [0.15, 0.2) is 65.7 Å². The second-order valence-corrected chi connectivity index (χ2v) is 9.62. The Morgan fingerprint density at radius 1 is 1.09 bits per heavy atom. The van der Waals surface area contributed by atoms with Gasteiger partial charge in [0.2, 0.25) is 5.91 Å². The fraction of sp³-hybridized carbons (Fsp3) is 0.130. The van der Waals surface area contributed by atoms with Crippen LogP contribution in [-0.4, -0.2) is 28.6 Å². The maximum Gasteiger partial charge on any atom is 0.269 e. The standard InChI is InChI=1S/C23H18F2N4O3S/c1-13-22-15(2-7-21(28-22)27-17-4-5-19-14(10-17)8-9-26-19)12-29(23(13)30)33(31,32)20-6-3-16(24)11-18(20)25/h2-11,13,26H,12H2,1H3,(H,27,28). The van der Waals surface area contributed by atoms with E-state index in [0.717, 1.165) is 28.7 Å². The van der Waals surface area contributed by atoms with E-state index in [0.29, 0.717) is 27.4 Å². The highest BCUT2D eigenvalue weighted by Gasteiger charge is 2.40. The maximum atomic E-state index is 14.2. The minimum absolute atomic E-state index is 0.291. The highest BCUT2D eigenvalue weighted by Crippen LogP contribution is 2.33. The Kier molecular flexibility index (Phi) is 4.89. The number of halogens is 2. The van der Waals surface area contributed by atoms with Crippen LogP contribution in [0.4, 0.5) is 20.3 Å². The van der Waals surface area contributed by atoms with Gasteiger partial charge in [-0.2, -0.15) is 0 Å². The van der Waals surface area contributed by atoms with Crippen LogP contribution >= 0.6 is 0 Å². The predicted octanol–water partition coefficient (Wildman–Crippen LogP) is 4.42. The largest absolute Gasteiger partial charge is 0.361 e. The average Bonchev–Trinajstić information content (AvgIpc) is 3.24. The first-order valence-electron chi connectivity index (χ1n) is 10.1. The van der Waals surface area contributed by atoms with Gasteiger partial charge in [-0.05, 0) is 55.0 Å². The van der Waals surface area contributed by atoms with E-state index in [1.807, 2.05) is 30.5 Å². The molecule has 2 N–H and O–H groups in total. The lowest BCUT2D eigenvalue weighted by molar-refractivity contribution is -0.128. The van der Waals surface area contributed by atoms with E-state index in [4.69, 9.17) is 0 Å². The molecular weight excluding hydrogens is 450 g/mol. The molecule has 1 aliphatic rings. The maximum absolute atomic E-state index is 14.2. The lowest BCUT2D eigenvalue weighted by Gasteiger charge is -2.31. The average molecular weight is 468 g/mol. The summed E-state index contributed by atoms with van der Waals surface area (Å²) >= 11 is 0. The highest BCUT2D eigenvalue weighted by molar-refractivity contribution is 7.89. The van der Waals surface area contributed by atoms with Crippen molar-refractivity contribution in [2.45, 2.75) is 24.3 Å². The molecule has 1 atom stereocenters. The molecule has 2 aromatic carbocycles. The Balaban J connectivity index is 1.46. The van der Waals surface area contributed by atoms with Gasteiger partial charge in [-0.1, -0.05) is 6.07 Å². The Hall–Kier alpha value is -3.79. The monoisotopic (exact) mass is 468 g/mol. The number of H-pyrrole nitrogens is 1. The number of fused-ring (bicyclic) bond motifs is 2. The van der Waals surface area contributed by atoms with Crippen molar-refractivity contribution in [2.75, 3.05) is 5.32 Å². The van der Waals surface area contributed by atoms with E-state index in [-0.39, 0.29) is 6.54 Å². The summed E-state index contributed by atoms with van der Waals surface area (Å²) in [5, 5.41) is 4.22. The molecule has 10 heteroatoms. The van der Waals surface area contributed by atoms with Crippen molar-refractivity contribution in [3.63, 3.8) is 0 Å². The number of anilines is 2. The zero-order chi connectivity index (χ0) is 23.3. The van der Waals surface area contributed by atoms with E-state index in [1.54, 1.807) is 19.1 Å². The lowest BCUT2D eigenvalue weighted by Crippen LogP contribution is -2.43. The fourth-order valence-electron chi connectivity index (χ4n) is 3.93. The van der Waals surface area contributed by atoms with Crippen molar-refractivity contribution in [1.82, 2.24) is 14.3 Å². The number of nitrogens with one attached hydrogen (secondary N) is 2. The summed E-state index contributed by atoms with van der Waals surface area (Å²) < 4.78 is 54.0. The summed E-state index contributed by atoms with van der Waals surface area (Å²) in [6.07, 6.45) is 1.84. The van der Waals surface area contributed by atoms with Gasteiger partial charge in [0.05, 0.1) is 18.2 Å². The molecular formula is C23H18F2N4O3S. The molecule has 0 bridgehead atoms. The van der Waals surface area contributed by atoms with Crippen molar-refractivity contribution in [3.05, 3.63) is 83.7 Å². The van der Waals surface area contributed by atoms with Crippen LogP contribution in [0.25, 0.3) is 10.9 Å². The number of hydrogen-bond acceptors (Lipinski definition) is 5. The molecule has 0 fully saturated rings. The summed E-state index contributed by atoms with van der Waals surface area (Å²) in [6.45, 7) is 1.26. The molecule has 1 aliphatic heterocycles. The summed E-state index contributed by atoms with van der Waals surface area (Å²) in [5.74, 6) is -3.26. The Labute approximate surface area is 188 Å². The molecule has 168 valence electrons. The number of carbonyl (C=O) groups is 1. The number of carbonyl (C=O) groups excluding carboxylic acids is 1. The first-order valence-corrected chi connectivity index (χ1v) is 11.5. The third-order valence-corrected chi connectivity index (χ3v) is 7.42. The molecule has 5 rings (SSSR count). The van der Waals surface area contributed by atoms with Crippen molar-refractivity contribution in [1.29, 1.82) is 0 Å². The third-order valence-electron chi connectivity index (χ3n) is 5.64. The molecule has 1 amide bonds. The second kappa shape index (κ2) is 7.66. The minimum Gasteiger partial charge on any atom is -0.361 e. The molecule has 0 radical (unpaired) electrons. The Morgan fingerprint density at radius 2 is 1.91 bits per heavy atom. The summed E-state index contributed by atoms with van der Waals surface area (Å²) in [4.78, 5) is 19.9. The van der Waals surface area contributed by atoms with Crippen LogP contribution < -0.4 is 5.32 Å². The van der Waals surface area contributed by atoms with Gasteiger partial charge in [-0.15, -0.1) is 0 Å². The van der Waals surface area contributed by atoms with E-state index in [1.165, 1.54) is 0 Å².